The highest BCUT2D eigenvalue weighted by atomic mass is 35.5. The smallest absolute Gasteiger partial charge is 0.228 e. The average molecular weight is 431 g/mol. The van der Waals surface area contributed by atoms with Crippen LogP contribution >= 0.6 is 12.4 Å². The summed E-state index contributed by atoms with van der Waals surface area (Å²) in [4.78, 5) is 16.0. The van der Waals surface area contributed by atoms with Crippen LogP contribution in [-0.4, -0.2) is 46.3 Å². The van der Waals surface area contributed by atoms with E-state index < -0.39 is 0 Å². The predicted octanol–water partition coefficient (Wildman–Crippen LogP) is 3.05. The Kier molecular flexibility index (Phi) is 6.34. The highest BCUT2D eigenvalue weighted by Gasteiger charge is 2.39. The fourth-order valence-electron chi connectivity index (χ4n) is 5.27. The van der Waals surface area contributed by atoms with Crippen LogP contribution < -0.4 is 10.1 Å². The Morgan fingerprint density at radius 1 is 1.30 bits per heavy atom. The molecule has 162 valence electrons. The van der Waals surface area contributed by atoms with Crippen LogP contribution in [0.1, 0.15) is 48.3 Å². The number of nitrogens with zero attached hydrogens (tertiary/aromatic N) is 3. The van der Waals surface area contributed by atoms with Gasteiger partial charge in [0, 0.05) is 51.3 Å². The van der Waals surface area contributed by atoms with Gasteiger partial charge < -0.3 is 15.0 Å². The molecule has 1 aliphatic carbocycles. The molecule has 0 spiro atoms. The van der Waals surface area contributed by atoms with Crippen molar-refractivity contribution in [1.82, 2.24) is 20.0 Å². The minimum absolute atomic E-state index is 0. The van der Waals surface area contributed by atoms with E-state index in [1.54, 1.807) is 0 Å². The quantitative estimate of drug-likeness (QED) is 0.792. The molecule has 1 saturated heterocycles. The molecular weight excluding hydrogens is 400 g/mol. The molecule has 0 unspecified atom stereocenters. The molecule has 2 atom stereocenters. The topological polar surface area (TPSA) is 59.4 Å². The molecule has 1 N–H and O–H groups in total. The van der Waals surface area contributed by atoms with E-state index in [2.05, 4.69) is 39.7 Å². The number of hydrogen-bond donors (Lipinski definition) is 1. The van der Waals surface area contributed by atoms with Crippen molar-refractivity contribution in [2.75, 3.05) is 19.7 Å². The van der Waals surface area contributed by atoms with Crippen LogP contribution in [0.15, 0.2) is 30.6 Å². The standard InChI is InChI=1S/C23H30N4O2.ClH/c1-26-15-18(11-25-26)20-12-24-13-21(20)23(28)27(19-4-2-3-5-19)14-16-6-7-22-17(10-16)8-9-29-22;/h6-7,10-11,15,19-21,24H,2-5,8-9,12-14H2,1H3;1H/t20-,21+;/m1./s1. The predicted molar refractivity (Wildman–Crippen MR) is 118 cm³/mol. The number of aryl methyl sites for hydroxylation is 1. The van der Waals surface area contributed by atoms with E-state index in [1.807, 2.05) is 17.9 Å². The second kappa shape index (κ2) is 8.98. The number of halogens is 1. The maximum atomic E-state index is 13.8. The van der Waals surface area contributed by atoms with Crippen molar-refractivity contribution in [1.29, 1.82) is 0 Å². The third kappa shape index (κ3) is 4.08. The molecule has 7 heteroatoms. The summed E-state index contributed by atoms with van der Waals surface area (Å²) < 4.78 is 7.49. The molecule has 0 bridgehead atoms. The van der Waals surface area contributed by atoms with Gasteiger partial charge in [-0.25, -0.2) is 0 Å². The van der Waals surface area contributed by atoms with Gasteiger partial charge >= 0.3 is 0 Å². The summed E-state index contributed by atoms with van der Waals surface area (Å²) >= 11 is 0. The van der Waals surface area contributed by atoms with Crippen molar-refractivity contribution in [3.8, 4) is 5.75 Å². The number of fused-ring (bicyclic) bond motifs is 1. The van der Waals surface area contributed by atoms with E-state index in [0.29, 0.717) is 18.5 Å². The van der Waals surface area contributed by atoms with Gasteiger partial charge in [-0.3, -0.25) is 9.48 Å². The van der Waals surface area contributed by atoms with E-state index in [1.165, 1.54) is 24.0 Å². The Morgan fingerprint density at radius 3 is 2.90 bits per heavy atom. The zero-order chi connectivity index (χ0) is 19.8. The summed E-state index contributed by atoms with van der Waals surface area (Å²) in [7, 11) is 1.94. The third-order valence-electron chi connectivity index (χ3n) is 6.84. The first-order valence-electron chi connectivity index (χ1n) is 10.9. The van der Waals surface area contributed by atoms with E-state index in [4.69, 9.17) is 4.74 Å². The molecule has 1 saturated carbocycles. The summed E-state index contributed by atoms with van der Waals surface area (Å²) in [6.07, 6.45) is 9.63. The third-order valence-corrected chi connectivity index (χ3v) is 6.84. The van der Waals surface area contributed by atoms with E-state index in [-0.39, 0.29) is 24.2 Å². The zero-order valence-corrected chi connectivity index (χ0v) is 18.4. The number of benzene rings is 1. The lowest BCUT2D eigenvalue weighted by Crippen LogP contribution is -2.43. The van der Waals surface area contributed by atoms with Crippen LogP contribution in [0, 0.1) is 5.92 Å². The van der Waals surface area contributed by atoms with Crippen LogP contribution in [0.25, 0.3) is 0 Å². The molecule has 2 aliphatic heterocycles. The number of hydrogen-bond acceptors (Lipinski definition) is 4. The van der Waals surface area contributed by atoms with E-state index in [9.17, 15) is 4.79 Å². The van der Waals surface area contributed by atoms with Gasteiger partial charge in [0.05, 0.1) is 18.7 Å². The summed E-state index contributed by atoms with van der Waals surface area (Å²) in [5, 5.41) is 7.78. The lowest BCUT2D eigenvalue weighted by molar-refractivity contribution is -0.138. The van der Waals surface area contributed by atoms with Gasteiger partial charge in [0.25, 0.3) is 0 Å². The molecule has 3 heterocycles. The minimum atomic E-state index is -0.0161. The molecule has 1 amide bonds. The second-order valence-electron chi connectivity index (χ2n) is 8.76. The number of nitrogens with one attached hydrogen (secondary N) is 1. The van der Waals surface area contributed by atoms with Crippen molar-refractivity contribution in [2.24, 2.45) is 13.0 Å². The van der Waals surface area contributed by atoms with Gasteiger partial charge in [-0.15, -0.1) is 12.4 Å². The summed E-state index contributed by atoms with van der Waals surface area (Å²) in [5.41, 5.74) is 3.66. The number of rotatable bonds is 5. The van der Waals surface area contributed by atoms with Crippen LogP contribution in [0.4, 0.5) is 0 Å². The fourth-order valence-corrected chi connectivity index (χ4v) is 5.27. The maximum Gasteiger partial charge on any atom is 0.228 e. The number of carbonyl (C=O) groups is 1. The van der Waals surface area contributed by atoms with Crippen molar-refractivity contribution in [3.05, 3.63) is 47.3 Å². The van der Waals surface area contributed by atoms with E-state index in [0.717, 1.165) is 50.3 Å². The Morgan fingerprint density at radius 2 is 2.13 bits per heavy atom. The van der Waals surface area contributed by atoms with Crippen LogP contribution in [0.2, 0.25) is 0 Å². The number of aromatic nitrogens is 2. The molecule has 5 rings (SSSR count). The Labute approximate surface area is 184 Å². The van der Waals surface area contributed by atoms with Gasteiger partial charge in [0.2, 0.25) is 5.91 Å². The van der Waals surface area contributed by atoms with Crippen molar-refractivity contribution in [3.63, 3.8) is 0 Å². The molecule has 30 heavy (non-hydrogen) atoms. The Balaban J connectivity index is 0.00000218. The first-order chi connectivity index (χ1) is 14.2. The van der Waals surface area contributed by atoms with Crippen LogP contribution in [0.3, 0.4) is 0 Å². The molecular formula is C23H31ClN4O2. The average Bonchev–Trinajstić information content (AvgIpc) is 3.52. The molecule has 3 aliphatic rings. The van der Waals surface area contributed by atoms with Gasteiger partial charge in [0.15, 0.2) is 0 Å². The normalized spacial score (nSPS) is 23.1. The highest BCUT2D eigenvalue weighted by molar-refractivity contribution is 5.85. The molecule has 0 radical (unpaired) electrons. The summed E-state index contributed by atoms with van der Waals surface area (Å²) in [6, 6.07) is 6.81. The molecule has 1 aromatic carbocycles. The van der Waals surface area contributed by atoms with Crippen LogP contribution in [0.5, 0.6) is 5.75 Å². The highest BCUT2D eigenvalue weighted by Crippen LogP contribution is 2.34. The zero-order valence-electron chi connectivity index (χ0n) is 17.5. The summed E-state index contributed by atoms with van der Waals surface area (Å²) in [5.74, 6) is 1.49. The first kappa shape index (κ1) is 21.2. The van der Waals surface area contributed by atoms with E-state index >= 15 is 0 Å². The fraction of sp³-hybridized carbons (Fsp3) is 0.565. The van der Waals surface area contributed by atoms with Gasteiger partial charge in [-0.1, -0.05) is 25.0 Å². The van der Waals surface area contributed by atoms with Gasteiger partial charge in [-0.2, -0.15) is 5.10 Å². The largest absolute Gasteiger partial charge is 0.493 e. The number of amides is 1. The Hall–Kier alpha value is -2.05. The van der Waals surface area contributed by atoms with Gasteiger partial charge in [0.1, 0.15) is 5.75 Å². The molecule has 6 nitrogen and oxygen atoms in total. The second-order valence-corrected chi connectivity index (χ2v) is 8.76. The van der Waals surface area contributed by atoms with Crippen molar-refractivity contribution in [2.45, 2.75) is 50.6 Å². The SMILES string of the molecule is Cl.Cn1cc([C@H]2CNC[C@@H]2C(=O)N(Cc2ccc3c(c2)CCO3)C2CCCC2)cn1. The van der Waals surface area contributed by atoms with Crippen LogP contribution in [-0.2, 0) is 24.8 Å². The van der Waals surface area contributed by atoms with Crippen molar-refractivity contribution < 1.29 is 9.53 Å². The lowest BCUT2D eigenvalue weighted by atomic mass is 9.89. The monoisotopic (exact) mass is 430 g/mol. The Bertz CT molecular complexity index is 893. The molecule has 2 fully saturated rings. The molecule has 2 aromatic rings. The summed E-state index contributed by atoms with van der Waals surface area (Å²) in [6.45, 7) is 3.06. The maximum absolute atomic E-state index is 13.8. The molecule has 1 aromatic heterocycles. The lowest BCUT2D eigenvalue weighted by Gasteiger charge is -2.33. The number of carbonyl (C=O) groups excluding carboxylic acids is 1. The number of ether oxygens (including phenoxy) is 1. The van der Waals surface area contributed by atoms with Crippen molar-refractivity contribution >= 4 is 18.3 Å². The first-order valence-corrected chi connectivity index (χ1v) is 10.9. The van der Waals surface area contributed by atoms with Gasteiger partial charge in [-0.05, 0) is 35.6 Å². The minimum Gasteiger partial charge on any atom is -0.493 e.